The third-order valence-corrected chi connectivity index (χ3v) is 8.96. The molecule has 1 N–H and O–H groups in total. The molecular formula is C20H23N5O5S2. The number of nitrogens with zero attached hydrogens (tertiary/aromatic N) is 4. The highest BCUT2D eigenvalue weighted by Crippen LogP contribution is 2.28. The smallest absolute Gasteiger partial charge is 0.324 e. The molecule has 0 aromatic carbocycles. The van der Waals surface area contributed by atoms with Crippen molar-refractivity contribution in [2.24, 2.45) is 20.0 Å². The first-order chi connectivity index (χ1) is 15.1. The Labute approximate surface area is 188 Å². The zero-order valence-electron chi connectivity index (χ0n) is 17.9. The number of piperidine rings is 1. The summed E-state index contributed by atoms with van der Waals surface area (Å²) in [4.78, 5) is 42.5. The molecule has 1 unspecified atom stereocenters. The van der Waals surface area contributed by atoms with Crippen molar-refractivity contribution >= 4 is 44.0 Å². The highest BCUT2D eigenvalue weighted by atomic mass is 32.2. The number of hydrogen-bond donors (Lipinski definition) is 1. The van der Waals surface area contributed by atoms with E-state index >= 15 is 0 Å². The van der Waals surface area contributed by atoms with E-state index in [1.165, 1.54) is 46.6 Å². The number of amides is 1. The van der Waals surface area contributed by atoms with Crippen LogP contribution in [-0.2, 0) is 28.9 Å². The molecule has 32 heavy (non-hydrogen) atoms. The molecule has 10 nitrogen and oxygen atoms in total. The minimum absolute atomic E-state index is 0.0857. The molecule has 1 atom stereocenters. The van der Waals surface area contributed by atoms with Gasteiger partial charge in [0.05, 0.1) is 23.2 Å². The number of fused-ring (bicyclic) bond motifs is 1. The number of aromatic nitrogens is 3. The first-order valence-corrected chi connectivity index (χ1v) is 12.3. The van der Waals surface area contributed by atoms with Gasteiger partial charge in [0.1, 0.15) is 9.86 Å². The quantitative estimate of drug-likeness (QED) is 0.599. The molecule has 1 saturated heterocycles. The number of sulfonamides is 1. The van der Waals surface area contributed by atoms with Crippen LogP contribution < -0.4 is 16.6 Å². The van der Waals surface area contributed by atoms with Gasteiger partial charge >= 0.3 is 5.69 Å². The highest BCUT2D eigenvalue weighted by Gasteiger charge is 2.34. The normalized spacial score (nSPS) is 17.5. The van der Waals surface area contributed by atoms with E-state index in [0.29, 0.717) is 25.1 Å². The van der Waals surface area contributed by atoms with Gasteiger partial charge in [0.2, 0.25) is 5.91 Å². The first kappa shape index (κ1) is 22.4. The number of thiophene rings is 1. The minimum Gasteiger partial charge on any atom is -0.324 e. The predicted octanol–water partition coefficient (Wildman–Crippen LogP) is 1.04. The number of pyridine rings is 1. The summed E-state index contributed by atoms with van der Waals surface area (Å²) in [5.41, 5.74) is -0.464. The fourth-order valence-corrected chi connectivity index (χ4v) is 6.79. The van der Waals surface area contributed by atoms with Gasteiger partial charge in [0.15, 0.2) is 0 Å². The summed E-state index contributed by atoms with van der Waals surface area (Å²) in [6.45, 7) is 2.30. The molecule has 3 aromatic heterocycles. The van der Waals surface area contributed by atoms with Gasteiger partial charge in [-0.1, -0.05) is 0 Å². The largest absolute Gasteiger partial charge is 0.332 e. The van der Waals surface area contributed by atoms with E-state index in [0.717, 1.165) is 9.44 Å². The third-order valence-electron chi connectivity index (χ3n) is 5.63. The molecule has 0 saturated carbocycles. The Hall–Kier alpha value is -2.83. The van der Waals surface area contributed by atoms with Crippen LogP contribution >= 0.6 is 11.3 Å². The molecule has 0 spiro atoms. The van der Waals surface area contributed by atoms with Crippen LogP contribution in [0.3, 0.4) is 0 Å². The summed E-state index contributed by atoms with van der Waals surface area (Å²) in [5, 5.41) is 2.95. The lowest BCUT2D eigenvalue weighted by atomic mass is 9.99. The summed E-state index contributed by atoms with van der Waals surface area (Å²) in [5.74, 6) is -0.867. The van der Waals surface area contributed by atoms with Crippen molar-refractivity contribution in [2.45, 2.75) is 24.0 Å². The van der Waals surface area contributed by atoms with E-state index in [1.807, 2.05) is 6.92 Å². The molecule has 4 heterocycles. The second kappa shape index (κ2) is 8.26. The Kier molecular flexibility index (Phi) is 5.77. The van der Waals surface area contributed by atoms with Crippen LogP contribution in [0.25, 0.3) is 11.0 Å². The summed E-state index contributed by atoms with van der Waals surface area (Å²) in [7, 11) is -0.754. The minimum atomic E-state index is -3.65. The van der Waals surface area contributed by atoms with Crippen molar-refractivity contribution in [3.8, 4) is 0 Å². The number of anilines is 1. The third kappa shape index (κ3) is 3.89. The van der Waals surface area contributed by atoms with Crippen molar-refractivity contribution in [1.29, 1.82) is 0 Å². The van der Waals surface area contributed by atoms with Crippen molar-refractivity contribution in [3.63, 3.8) is 0 Å². The molecule has 12 heteroatoms. The lowest BCUT2D eigenvalue weighted by molar-refractivity contribution is -0.120. The van der Waals surface area contributed by atoms with E-state index in [-0.39, 0.29) is 27.7 Å². The molecule has 0 radical (unpaired) electrons. The summed E-state index contributed by atoms with van der Waals surface area (Å²) < 4.78 is 29.7. The Bertz CT molecular complexity index is 1440. The van der Waals surface area contributed by atoms with Gasteiger partial charge in [-0.2, -0.15) is 4.31 Å². The van der Waals surface area contributed by atoms with Crippen LogP contribution in [0.15, 0.2) is 38.2 Å². The molecule has 4 rings (SSSR count). The number of carbonyl (C=O) groups excluding carboxylic acids is 1. The number of carbonyl (C=O) groups is 1. The van der Waals surface area contributed by atoms with Crippen LogP contribution in [-0.4, -0.2) is 45.8 Å². The molecule has 3 aromatic rings. The molecular weight excluding hydrogens is 454 g/mol. The standard InChI is InChI=1S/C20H23N5O5S2/c1-12-6-7-16(31-12)32(29,30)25-8-4-5-13(11-25)18(26)22-14-9-15-17(21-10-14)23(2)20(28)24(3)19(15)27/h6-7,9-10,13H,4-5,8,11H2,1-3H3,(H,22,26). The number of rotatable bonds is 4. The van der Waals surface area contributed by atoms with Gasteiger partial charge in [-0.15, -0.1) is 11.3 Å². The molecule has 1 aliphatic rings. The van der Waals surface area contributed by atoms with E-state index in [4.69, 9.17) is 0 Å². The maximum atomic E-state index is 12.9. The molecule has 0 aliphatic carbocycles. The molecule has 170 valence electrons. The number of aryl methyl sites for hydroxylation is 2. The second-order valence-corrected chi connectivity index (χ2v) is 11.3. The second-order valence-electron chi connectivity index (χ2n) is 7.86. The van der Waals surface area contributed by atoms with Crippen LogP contribution in [0.4, 0.5) is 5.69 Å². The van der Waals surface area contributed by atoms with Crippen LogP contribution in [0.1, 0.15) is 17.7 Å². The van der Waals surface area contributed by atoms with Gasteiger partial charge in [-0.25, -0.2) is 18.2 Å². The van der Waals surface area contributed by atoms with Gasteiger partial charge in [-0.05, 0) is 38.0 Å². The van der Waals surface area contributed by atoms with E-state index in [1.54, 1.807) is 12.1 Å². The summed E-state index contributed by atoms with van der Waals surface area (Å²) >= 11 is 1.21. The zero-order valence-corrected chi connectivity index (χ0v) is 19.5. The van der Waals surface area contributed by atoms with E-state index in [9.17, 15) is 22.8 Å². The van der Waals surface area contributed by atoms with Crippen molar-refractivity contribution in [1.82, 2.24) is 18.4 Å². The summed E-state index contributed by atoms with van der Waals surface area (Å²) in [6.07, 6.45) is 2.50. The van der Waals surface area contributed by atoms with Gasteiger partial charge in [0, 0.05) is 32.1 Å². The first-order valence-electron chi connectivity index (χ1n) is 10.0. The average molecular weight is 478 g/mol. The number of hydrogen-bond acceptors (Lipinski definition) is 7. The van der Waals surface area contributed by atoms with Crippen LogP contribution in [0.2, 0.25) is 0 Å². The zero-order chi connectivity index (χ0) is 23.2. The molecule has 0 bridgehead atoms. The SMILES string of the molecule is Cc1ccc(S(=O)(=O)N2CCCC(C(=O)Nc3cnc4c(c3)c(=O)n(C)c(=O)n4C)C2)s1. The highest BCUT2D eigenvalue weighted by molar-refractivity contribution is 7.91. The molecule has 1 aliphatic heterocycles. The van der Waals surface area contributed by atoms with Crippen molar-refractivity contribution in [2.75, 3.05) is 18.4 Å². The number of nitrogens with one attached hydrogen (secondary N) is 1. The maximum Gasteiger partial charge on any atom is 0.332 e. The summed E-state index contributed by atoms with van der Waals surface area (Å²) in [6, 6.07) is 4.83. The van der Waals surface area contributed by atoms with Crippen LogP contribution in [0, 0.1) is 12.8 Å². The van der Waals surface area contributed by atoms with E-state index < -0.39 is 27.2 Å². The molecule has 1 fully saturated rings. The fourth-order valence-electron chi connectivity index (χ4n) is 3.83. The topological polar surface area (TPSA) is 123 Å². The monoisotopic (exact) mass is 477 g/mol. The molecule has 1 amide bonds. The van der Waals surface area contributed by atoms with Gasteiger partial charge < -0.3 is 5.32 Å². The lowest BCUT2D eigenvalue weighted by Gasteiger charge is -2.30. The van der Waals surface area contributed by atoms with Gasteiger partial charge in [0.25, 0.3) is 15.6 Å². The predicted molar refractivity (Wildman–Crippen MR) is 121 cm³/mol. The fraction of sp³-hybridized carbons (Fsp3) is 0.400. The van der Waals surface area contributed by atoms with Crippen molar-refractivity contribution < 1.29 is 13.2 Å². The van der Waals surface area contributed by atoms with Crippen LogP contribution in [0.5, 0.6) is 0 Å². The Morgan fingerprint density at radius 1 is 1.22 bits per heavy atom. The van der Waals surface area contributed by atoms with Gasteiger partial charge in [-0.3, -0.25) is 18.7 Å². The Morgan fingerprint density at radius 3 is 2.66 bits per heavy atom. The van der Waals surface area contributed by atoms with Crippen molar-refractivity contribution in [3.05, 3.63) is 50.1 Å². The lowest BCUT2D eigenvalue weighted by Crippen LogP contribution is -2.43. The maximum absolute atomic E-state index is 12.9. The Balaban J connectivity index is 1.56. The average Bonchev–Trinajstić information content (AvgIpc) is 3.23. The Morgan fingerprint density at radius 2 is 1.97 bits per heavy atom. The van der Waals surface area contributed by atoms with E-state index in [2.05, 4.69) is 10.3 Å².